The van der Waals surface area contributed by atoms with Crippen LogP contribution in [0.4, 0.5) is 8.78 Å². The number of aromatic nitrogens is 2. The molecule has 0 aliphatic rings. The van der Waals surface area contributed by atoms with Crippen LogP contribution in [0.25, 0.3) is 0 Å². The Hall–Kier alpha value is -2.29. The van der Waals surface area contributed by atoms with E-state index in [0.717, 1.165) is 5.56 Å². The summed E-state index contributed by atoms with van der Waals surface area (Å²) in [6.07, 6.45) is -1.45. The van der Waals surface area contributed by atoms with E-state index in [1.165, 1.54) is 0 Å². The van der Waals surface area contributed by atoms with E-state index in [2.05, 4.69) is 10.2 Å². The molecule has 0 aliphatic heterocycles. The van der Waals surface area contributed by atoms with Gasteiger partial charge in [-0.05, 0) is 30.2 Å². The maximum atomic E-state index is 11.9. The molecule has 23 heavy (non-hydrogen) atoms. The number of nitrogens with zero attached hydrogens (tertiary/aromatic N) is 2. The lowest BCUT2D eigenvalue weighted by Gasteiger charge is -2.00. The standard InChI is InChI=1S/C14H14F2N2O4S/c1-21-11-6-4-10(5-7-11)9-13-17-18-14(22-13)23(19,20)8-2-3-12(15)16/h3-7H,2,8-9H2,1H3. The number of ether oxygens (including phenoxy) is 1. The Labute approximate surface area is 131 Å². The van der Waals surface area contributed by atoms with Crippen molar-refractivity contribution >= 4 is 9.84 Å². The van der Waals surface area contributed by atoms with Crippen LogP contribution in [-0.2, 0) is 16.3 Å². The van der Waals surface area contributed by atoms with Gasteiger partial charge in [0.15, 0.2) is 0 Å². The monoisotopic (exact) mass is 344 g/mol. The summed E-state index contributed by atoms with van der Waals surface area (Å²) in [7, 11) is -2.33. The highest BCUT2D eigenvalue weighted by molar-refractivity contribution is 7.91. The van der Waals surface area contributed by atoms with Crippen LogP contribution in [0.5, 0.6) is 5.75 Å². The fourth-order valence-corrected chi connectivity index (χ4v) is 2.75. The van der Waals surface area contributed by atoms with Crippen molar-refractivity contribution in [2.24, 2.45) is 0 Å². The van der Waals surface area contributed by atoms with E-state index in [1.807, 2.05) is 0 Å². The minimum atomic E-state index is -3.88. The van der Waals surface area contributed by atoms with Crippen LogP contribution < -0.4 is 4.74 Å². The third-order valence-electron chi connectivity index (χ3n) is 2.91. The van der Waals surface area contributed by atoms with Crippen LogP contribution in [0.3, 0.4) is 0 Å². The number of benzene rings is 1. The van der Waals surface area contributed by atoms with Crippen LogP contribution in [0.15, 0.2) is 46.1 Å². The fraction of sp³-hybridized carbons (Fsp3) is 0.286. The van der Waals surface area contributed by atoms with Gasteiger partial charge >= 0.3 is 5.22 Å². The van der Waals surface area contributed by atoms with Gasteiger partial charge in [0.1, 0.15) is 5.75 Å². The number of rotatable bonds is 7. The topological polar surface area (TPSA) is 82.3 Å². The molecule has 0 atom stereocenters. The van der Waals surface area contributed by atoms with E-state index in [-0.39, 0.29) is 18.7 Å². The van der Waals surface area contributed by atoms with E-state index >= 15 is 0 Å². The van der Waals surface area contributed by atoms with Crippen molar-refractivity contribution in [3.05, 3.63) is 47.9 Å². The molecule has 0 fully saturated rings. The van der Waals surface area contributed by atoms with Crippen molar-refractivity contribution in [3.63, 3.8) is 0 Å². The lowest BCUT2D eigenvalue weighted by atomic mass is 10.1. The van der Waals surface area contributed by atoms with Gasteiger partial charge in [0.25, 0.3) is 6.08 Å². The van der Waals surface area contributed by atoms with Gasteiger partial charge in [0, 0.05) is 0 Å². The first-order valence-electron chi connectivity index (χ1n) is 6.60. The third-order valence-corrected chi connectivity index (χ3v) is 4.38. The molecule has 0 saturated heterocycles. The van der Waals surface area contributed by atoms with Gasteiger partial charge in [0.05, 0.1) is 19.3 Å². The zero-order valence-electron chi connectivity index (χ0n) is 12.2. The normalized spacial score (nSPS) is 11.3. The second-order valence-corrected chi connectivity index (χ2v) is 6.57. The van der Waals surface area contributed by atoms with Gasteiger partial charge < -0.3 is 9.15 Å². The summed E-state index contributed by atoms with van der Waals surface area (Å²) in [5.74, 6) is 0.297. The van der Waals surface area contributed by atoms with E-state index in [4.69, 9.17) is 9.15 Å². The molecule has 6 nitrogen and oxygen atoms in total. The second-order valence-electron chi connectivity index (χ2n) is 4.59. The lowest BCUT2D eigenvalue weighted by Crippen LogP contribution is -2.06. The van der Waals surface area contributed by atoms with Gasteiger partial charge in [-0.3, -0.25) is 0 Å². The Balaban J connectivity index is 2.05. The van der Waals surface area contributed by atoms with Crippen LogP contribution in [0.2, 0.25) is 0 Å². The molecule has 0 radical (unpaired) electrons. The second kappa shape index (κ2) is 7.32. The number of allylic oxidation sites excluding steroid dienone is 1. The first-order valence-corrected chi connectivity index (χ1v) is 8.25. The Bertz CT molecular complexity index is 781. The molecule has 0 unspecified atom stereocenters. The van der Waals surface area contributed by atoms with Gasteiger partial charge in [-0.1, -0.05) is 17.2 Å². The number of hydrogen-bond acceptors (Lipinski definition) is 6. The molecule has 2 rings (SSSR count). The number of sulfone groups is 1. The quantitative estimate of drug-likeness (QED) is 0.768. The largest absolute Gasteiger partial charge is 0.497 e. The van der Waals surface area contributed by atoms with Crippen molar-refractivity contribution in [1.29, 1.82) is 0 Å². The molecule has 0 bridgehead atoms. The van der Waals surface area contributed by atoms with E-state index < -0.39 is 26.9 Å². The Morgan fingerprint density at radius 2 is 1.96 bits per heavy atom. The molecule has 1 aromatic heterocycles. The molecule has 0 spiro atoms. The number of halogens is 2. The lowest BCUT2D eigenvalue weighted by molar-refractivity contribution is 0.401. The van der Waals surface area contributed by atoms with Gasteiger partial charge in [-0.15, -0.1) is 5.10 Å². The van der Waals surface area contributed by atoms with Crippen LogP contribution in [-0.4, -0.2) is 31.5 Å². The predicted octanol–water partition coefficient (Wildman–Crippen LogP) is 2.61. The van der Waals surface area contributed by atoms with E-state index in [9.17, 15) is 17.2 Å². The minimum Gasteiger partial charge on any atom is -0.497 e. The maximum absolute atomic E-state index is 11.9. The molecule has 0 saturated carbocycles. The zero-order chi connectivity index (χ0) is 16.9. The van der Waals surface area contributed by atoms with Crippen molar-refractivity contribution in [2.45, 2.75) is 18.1 Å². The number of hydrogen-bond donors (Lipinski definition) is 0. The first kappa shape index (κ1) is 17.1. The predicted molar refractivity (Wildman–Crippen MR) is 77.1 cm³/mol. The first-order chi connectivity index (χ1) is 10.9. The van der Waals surface area contributed by atoms with Crippen LogP contribution >= 0.6 is 0 Å². The number of methoxy groups -OCH3 is 1. The highest BCUT2D eigenvalue weighted by Crippen LogP contribution is 2.16. The Morgan fingerprint density at radius 3 is 2.57 bits per heavy atom. The molecular formula is C14H14F2N2O4S. The summed E-state index contributed by atoms with van der Waals surface area (Å²) in [5.41, 5.74) is 0.834. The zero-order valence-corrected chi connectivity index (χ0v) is 13.0. The highest BCUT2D eigenvalue weighted by atomic mass is 32.2. The smallest absolute Gasteiger partial charge is 0.335 e. The van der Waals surface area contributed by atoms with E-state index in [1.54, 1.807) is 31.4 Å². The summed E-state index contributed by atoms with van der Waals surface area (Å²) in [4.78, 5) is 0. The summed E-state index contributed by atoms with van der Waals surface area (Å²) in [6.45, 7) is 0. The van der Waals surface area contributed by atoms with Crippen LogP contribution in [0, 0.1) is 0 Å². The third kappa shape index (κ3) is 4.85. The van der Waals surface area contributed by atoms with Crippen molar-refractivity contribution in [3.8, 4) is 5.75 Å². The van der Waals surface area contributed by atoms with Gasteiger partial charge in [-0.2, -0.15) is 8.78 Å². The van der Waals surface area contributed by atoms with Crippen molar-refractivity contribution in [2.75, 3.05) is 12.9 Å². The average Bonchev–Trinajstić information content (AvgIpc) is 2.97. The average molecular weight is 344 g/mol. The molecule has 124 valence electrons. The van der Waals surface area contributed by atoms with Crippen LogP contribution in [0.1, 0.15) is 17.9 Å². The van der Waals surface area contributed by atoms with E-state index in [0.29, 0.717) is 11.8 Å². The fourth-order valence-electron chi connectivity index (χ4n) is 1.76. The molecule has 0 aliphatic carbocycles. The SMILES string of the molecule is COc1ccc(Cc2nnc(S(=O)(=O)CCC=C(F)F)o2)cc1. The van der Waals surface area contributed by atoms with Gasteiger partial charge in [0.2, 0.25) is 15.7 Å². The summed E-state index contributed by atoms with van der Waals surface area (Å²) in [6, 6.07) is 7.07. The summed E-state index contributed by atoms with van der Waals surface area (Å²) in [5, 5.41) is 6.59. The minimum absolute atomic E-state index is 0.126. The Morgan fingerprint density at radius 1 is 1.26 bits per heavy atom. The summed E-state index contributed by atoms with van der Waals surface area (Å²) < 4.78 is 57.7. The van der Waals surface area contributed by atoms with Crippen molar-refractivity contribution < 1.29 is 26.4 Å². The molecule has 0 N–H and O–H groups in total. The molecule has 0 amide bonds. The van der Waals surface area contributed by atoms with Gasteiger partial charge in [-0.25, -0.2) is 8.42 Å². The van der Waals surface area contributed by atoms with Crippen molar-refractivity contribution in [1.82, 2.24) is 10.2 Å². The molecule has 1 aromatic carbocycles. The molecule has 2 aromatic rings. The highest BCUT2D eigenvalue weighted by Gasteiger charge is 2.22. The molecule has 9 heteroatoms. The molecular weight excluding hydrogens is 330 g/mol. The Kier molecular flexibility index (Phi) is 5.43. The molecule has 1 heterocycles. The summed E-state index contributed by atoms with van der Waals surface area (Å²) >= 11 is 0. The maximum Gasteiger partial charge on any atom is 0.335 e.